The molecule has 3 N–H and O–H groups in total. The molecule has 0 heterocycles. The first-order chi connectivity index (χ1) is 7.72. The number of hydrogen-bond acceptors (Lipinski definition) is 2. The minimum Gasteiger partial charge on any atom is -0.271 e. The van der Waals surface area contributed by atoms with E-state index < -0.39 is 12.5 Å². The van der Waals surface area contributed by atoms with Crippen molar-refractivity contribution in [1.29, 1.82) is 0 Å². The van der Waals surface area contributed by atoms with Crippen LogP contribution in [0.2, 0.25) is 0 Å². The Balaban J connectivity index is 3.19. The lowest BCUT2D eigenvalue weighted by molar-refractivity contribution is 0.0929. The number of halogens is 2. The van der Waals surface area contributed by atoms with Gasteiger partial charge in [-0.25, -0.2) is 8.78 Å². The summed E-state index contributed by atoms with van der Waals surface area (Å²) in [6, 6.07) is -0.833. The molecule has 0 saturated heterocycles. The van der Waals surface area contributed by atoms with Crippen molar-refractivity contribution in [3.63, 3.8) is 0 Å². The Hall–Kier alpha value is -0.220. The van der Waals surface area contributed by atoms with Gasteiger partial charge in [-0.15, -0.1) is 0 Å². The van der Waals surface area contributed by atoms with E-state index in [-0.39, 0.29) is 0 Å². The van der Waals surface area contributed by atoms with Crippen LogP contribution in [-0.2, 0) is 0 Å². The maximum Gasteiger partial charge on any atom is 0.255 e. The zero-order valence-corrected chi connectivity index (χ0v) is 10.4. The molecule has 0 rings (SSSR count). The summed E-state index contributed by atoms with van der Waals surface area (Å²) in [5.74, 6) is 5.04. The van der Waals surface area contributed by atoms with Crippen molar-refractivity contribution in [2.75, 3.05) is 0 Å². The van der Waals surface area contributed by atoms with Crippen LogP contribution in [0.25, 0.3) is 0 Å². The SMILES string of the molecule is CCCCCCCCCCC(NN)C(F)F. The van der Waals surface area contributed by atoms with E-state index in [9.17, 15) is 8.78 Å². The average Bonchev–Trinajstić information content (AvgIpc) is 2.26. The number of nitrogens with two attached hydrogens (primary N) is 1. The standard InChI is InChI=1S/C12H26F2N2/c1-2-3-4-5-6-7-8-9-10-11(16-15)12(13)14/h11-12,16H,2-10,15H2,1H3. The molecule has 0 radical (unpaired) electrons. The molecule has 0 aromatic carbocycles. The van der Waals surface area contributed by atoms with E-state index in [1.165, 1.54) is 32.1 Å². The molecule has 0 amide bonds. The van der Waals surface area contributed by atoms with E-state index in [1.807, 2.05) is 0 Å². The molecule has 0 aliphatic carbocycles. The fraction of sp³-hybridized carbons (Fsp3) is 1.00. The van der Waals surface area contributed by atoms with Crippen LogP contribution in [0.5, 0.6) is 0 Å². The predicted octanol–water partition coefficient (Wildman–Crippen LogP) is 3.61. The molecule has 0 aromatic heterocycles. The van der Waals surface area contributed by atoms with Crippen molar-refractivity contribution in [2.45, 2.75) is 77.2 Å². The van der Waals surface area contributed by atoms with Crippen molar-refractivity contribution >= 4 is 0 Å². The Morgan fingerprint density at radius 2 is 1.44 bits per heavy atom. The Morgan fingerprint density at radius 3 is 1.88 bits per heavy atom. The van der Waals surface area contributed by atoms with Crippen LogP contribution in [0.3, 0.4) is 0 Å². The van der Waals surface area contributed by atoms with Gasteiger partial charge in [-0.3, -0.25) is 11.3 Å². The van der Waals surface area contributed by atoms with Crippen LogP contribution in [0.4, 0.5) is 8.78 Å². The van der Waals surface area contributed by atoms with Gasteiger partial charge in [0.1, 0.15) is 0 Å². The van der Waals surface area contributed by atoms with Gasteiger partial charge in [0.2, 0.25) is 0 Å². The van der Waals surface area contributed by atoms with E-state index in [4.69, 9.17) is 5.84 Å². The second-order valence-corrected chi connectivity index (χ2v) is 4.37. The predicted molar refractivity (Wildman–Crippen MR) is 64.3 cm³/mol. The average molecular weight is 236 g/mol. The second kappa shape index (κ2) is 11.3. The number of unbranched alkanes of at least 4 members (excludes halogenated alkanes) is 7. The molecule has 0 fully saturated rings. The highest BCUT2D eigenvalue weighted by Gasteiger charge is 2.17. The van der Waals surface area contributed by atoms with Gasteiger partial charge in [0, 0.05) is 0 Å². The summed E-state index contributed by atoms with van der Waals surface area (Å²) in [5, 5.41) is 0. The Labute approximate surface area is 97.9 Å². The van der Waals surface area contributed by atoms with Crippen molar-refractivity contribution in [3.8, 4) is 0 Å². The molecular weight excluding hydrogens is 210 g/mol. The van der Waals surface area contributed by atoms with E-state index in [2.05, 4.69) is 12.3 Å². The number of rotatable bonds is 11. The molecule has 4 heteroatoms. The fourth-order valence-electron chi connectivity index (χ4n) is 1.78. The molecule has 1 atom stereocenters. The van der Waals surface area contributed by atoms with Crippen LogP contribution < -0.4 is 11.3 Å². The monoisotopic (exact) mass is 236 g/mol. The van der Waals surface area contributed by atoms with Gasteiger partial charge in [0.15, 0.2) is 0 Å². The smallest absolute Gasteiger partial charge is 0.255 e. The van der Waals surface area contributed by atoms with E-state index >= 15 is 0 Å². The van der Waals surface area contributed by atoms with Gasteiger partial charge in [-0.2, -0.15) is 0 Å². The highest BCUT2D eigenvalue weighted by molar-refractivity contribution is 4.65. The third-order valence-corrected chi connectivity index (χ3v) is 2.89. The second-order valence-electron chi connectivity index (χ2n) is 4.37. The van der Waals surface area contributed by atoms with Crippen molar-refractivity contribution < 1.29 is 8.78 Å². The lowest BCUT2D eigenvalue weighted by Gasteiger charge is -2.13. The summed E-state index contributed by atoms with van der Waals surface area (Å²) in [6.45, 7) is 2.20. The first-order valence-electron chi connectivity index (χ1n) is 6.46. The van der Waals surface area contributed by atoms with Crippen LogP contribution in [0.15, 0.2) is 0 Å². The molecule has 1 unspecified atom stereocenters. The maximum atomic E-state index is 12.3. The Morgan fingerprint density at radius 1 is 0.938 bits per heavy atom. The zero-order chi connectivity index (χ0) is 12.2. The van der Waals surface area contributed by atoms with Crippen LogP contribution >= 0.6 is 0 Å². The largest absolute Gasteiger partial charge is 0.271 e. The van der Waals surface area contributed by atoms with Gasteiger partial charge in [0.05, 0.1) is 6.04 Å². The normalized spacial score (nSPS) is 13.3. The number of hydrazine groups is 1. The Kier molecular flexibility index (Phi) is 11.1. The molecule has 98 valence electrons. The fourth-order valence-corrected chi connectivity index (χ4v) is 1.78. The van der Waals surface area contributed by atoms with Crippen molar-refractivity contribution in [3.05, 3.63) is 0 Å². The molecule has 2 nitrogen and oxygen atoms in total. The third kappa shape index (κ3) is 9.04. The summed E-state index contributed by atoms with van der Waals surface area (Å²) in [5.41, 5.74) is 2.17. The number of alkyl halides is 2. The van der Waals surface area contributed by atoms with Crippen LogP contribution in [0, 0.1) is 0 Å². The lowest BCUT2D eigenvalue weighted by atomic mass is 10.1. The number of nitrogens with one attached hydrogen (secondary N) is 1. The topological polar surface area (TPSA) is 38.0 Å². The third-order valence-electron chi connectivity index (χ3n) is 2.89. The molecule has 0 aromatic rings. The highest BCUT2D eigenvalue weighted by Crippen LogP contribution is 2.12. The summed E-state index contributed by atoms with van der Waals surface area (Å²) in [7, 11) is 0. The van der Waals surface area contributed by atoms with Gasteiger partial charge >= 0.3 is 0 Å². The van der Waals surface area contributed by atoms with Gasteiger partial charge < -0.3 is 0 Å². The molecule has 0 aliphatic rings. The van der Waals surface area contributed by atoms with E-state index in [1.54, 1.807) is 0 Å². The van der Waals surface area contributed by atoms with Gasteiger partial charge in [0.25, 0.3) is 6.43 Å². The summed E-state index contributed by atoms with van der Waals surface area (Å²) >= 11 is 0. The van der Waals surface area contributed by atoms with Crippen molar-refractivity contribution in [2.24, 2.45) is 5.84 Å². The van der Waals surface area contributed by atoms with E-state index in [0.717, 1.165) is 19.3 Å². The minimum atomic E-state index is -2.35. The molecule has 0 aliphatic heterocycles. The molecule has 16 heavy (non-hydrogen) atoms. The molecule has 0 saturated carbocycles. The summed E-state index contributed by atoms with van der Waals surface area (Å²) < 4.78 is 24.5. The maximum absolute atomic E-state index is 12.3. The van der Waals surface area contributed by atoms with Gasteiger partial charge in [-0.1, -0.05) is 58.3 Å². The zero-order valence-electron chi connectivity index (χ0n) is 10.4. The van der Waals surface area contributed by atoms with E-state index in [0.29, 0.717) is 6.42 Å². The van der Waals surface area contributed by atoms with Crippen molar-refractivity contribution in [1.82, 2.24) is 5.43 Å². The quantitative estimate of drug-likeness (QED) is 0.327. The van der Waals surface area contributed by atoms with Gasteiger partial charge in [-0.05, 0) is 6.42 Å². The minimum absolute atomic E-state index is 0.475. The molecule has 0 bridgehead atoms. The molecular formula is C12H26F2N2. The number of hydrogen-bond donors (Lipinski definition) is 2. The lowest BCUT2D eigenvalue weighted by Crippen LogP contribution is -2.40. The Bertz CT molecular complexity index is 143. The first-order valence-corrected chi connectivity index (χ1v) is 6.46. The van der Waals surface area contributed by atoms with Crippen LogP contribution in [0.1, 0.15) is 64.7 Å². The highest BCUT2D eigenvalue weighted by atomic mass is 19.3. The summed E-state index contributed by atoms with van der Waals surface area (Å²) in [6.07, 6.45) is 7.55. The molecule has 0 spiro atoms. The van der Waals surface area contributed by atoms with Crippen LogP contribution in [-0.4, -0.2) is 12.5 Å². The summed E-state index contributed by atoms with van der Waals surface area (Å²) in [4.78, 5) is 0. The first kappa shape index (κ1) is 15.8.